The van der Waals surface area contributed by atoms with Gasteiger partial charge in [-0.05, 0) is 31.5 Å². The van der Waals surface area contributed by atoms with Gasteiger partial charge in [0, 0.05) is 40.0 Å². The number of nitrogens with zero attached hydrogens (tertiary/aromatic N) is 1. The summed E-state index contributed by atoms with van der Waals surface area (Å²) in [6, 6.07) is 15.9. The van der Waals surface area contributed by atoms with Gasteiger partial charge in [-0.15, -0.1) is 0 Å². The summed E-state index contributed by atoms with van der Waals surface area (Å²) in [4.78, 5) is 29.5. The Balaban J connectivity index is 1.65. The summed E-state index contributed by atoms with van der Waals surface area (Å²) in [5.41, 5.74) is 2.14. The number of para-hydroxylation sites is 2. The van der Waals surface area contributed by atoms with E-state index in [0.717, 1.165) is 49.2 Å². The van der Waals surface area contributed by atoms with Crippen LogP contribution in [0.15, 0.2) is 48.5 Å². The zero-order chi connectivity index (χ0) is 25.0. The summed E-state index contributed by atoms with van der Waals surface area (Å²) < 4.78 is 13.4. The molecule has 7 rings (SSSR count). The van der Waals surface area contributed by atoms with Gasteiger partial charge in [-0.2, -0.15) is 0 Å². The molecule has 0 bridgehead atoms. The molecular weight excluding hydrogens is 458 g/mol. The number of hydrogen-bond donors (Lipinski definition) is 3. The average Bonchev–Trinajstić information content (AvgIpc) is 3.58. The van der Waals surface area contributed by atoms with Gasteiger partial charge < -0.3 is 29.4 Å². The number of rotatable bonds is 2. The molecule has 0 radical (unpaired) electrons. The Morgan fingerprint density at radius 1 is 1.11 bits per heavy atom. The van der Waals surface area contributed by atoms with Crippen LogP contribution in [0.1, 0.15) is 42.4 Å². The molecular formula is C28H25N3O5. The highest BCUT2D eigenvalue weighted by molar-refractivity contribution is 6.30. The van der Waals surface area contributed by atoms with E-state index in [1.54, 1.807) is 13.8 Å². The molecule has 2 aliphatic heterocycles. The summed E-state index contributed by atoms with van der Waals surface area (Å²) in [5.74, 6) is -0.837. The van der Waals surface area contributed by atoms with Crippen LogP contribution in [0.4, 0.5) is 0 Å². The van der Waals surface area contributed by atoms with Crippen LogP contribution in [-0.4, -0.2) is 44.8 Å². The maximum absolute atomic E-state index is 13.2. The third-order valence-corrected chi connectivity index (χ3v) is 8.07. The van der Waals surface area contributed by atoms with Gasteiger partial charge in [0.25, 0.3) is 5.91 Å². The van der Waals surface area contributed by atoms with E-state index in [1.165, 1.54) is 7.11 Å². The molecule has 1 amide bonds. The van der Waals surface area contributed by atoms with Crippen LogP contribution in [0.3, 0.4) is 0 Å². The minimum atomic E-state index is -1.84. The highest BCUT2D eigenvalue weighted by Gasteiger charge is 2.60. The van der Waals surface area contributed by atoms with E-state index in [4.69, 9.17) is 9.47 Å². The number of amides is 1. The van der Waals surface area contributed by atoms with E-state index in [1.807, 2.05) is 47.0 Å². The number of esters is 1. The normalized spacial score (nSPS) is 23.1. The van der Waals surface area contributed by atoms with Gasteiger partial charge in [0.15, 0.2) is 5.60 Å². The monoisotopic (exact) mass is 483 g/mol. The molecule has 3 aromatic carbocycles. The molecule has 3 N–H and O–H groups in total. The number of H-pyrrole nitrogens is 1. The maximum Gasteiger partial charge on any atom is 0.341 e. The number of aromatic nitrogens is 2. The van der Waals surface area contributed by atoms with Crippen molar-refractivity contribution in [1.82, 2.24) is 14.9 Å². The first-order valence-electron chi connectivity index (χ1n) is 12.0. The number of carbonyl (C=O) groups is 2. The fourth-order valence-corrected chi connectivity index (χ4v) is 6.27. The fraction of sp³-hybridized carbons (Fsp3) is 0.286. The number of ether oxygens (including phenoxy) is 2. The van der Waals surface area contributed by atoms with Crippen molar-refractivity contribution in [2.24, 2.45) is 0 Å². The molecule has 0 saturated carbocycles. The molecule has 1 saturated heterocycles. The second-order valence-corrected chi connectivity index (χ2v) is 10.2. The lowest BCUT2D eigenvalue weighted by Crippen LogP contribution is -2.53. The zero-order valence-corrected chi connectivity index (χ0v) is 20.1. The van der Waals surface area contributed by atoms with Crippen LogP contribution < -0.4 is 5.32 Å². The van der Waals surface area contributed by atoms with Crippen molar-refractivity contribution in [3.8, 4) is 0 Å². The second kappa shape index (κ2) is 6.87. The maximum atomic E-state index is 13.2. The lowest BCUT2D eigenvalue weighted by molar-refractivity contribution is -0.179. The van der Waals surface area contributed by atoms with Crippen molar-refractivity contribution in [2.45, 2.75) is 44.2 Å². The number of carbonyl (C=O) groups excluding carboxylic acids is 2. The van der Waals surface area contributed by atoms with Crippen molar-refractivity contribution in [3.05, 3.63) is 59.7 Å². The topological polar surface area (TPSA) is 106 Å². The Bertz CT molecular complexity index is 1780. The molecule has 182 valence electrons. The lowest BCUT2D eigenvalue weighted by Gasteiger charge is -2.31. The Morgan fingerprint density at radius 2 is 1.83 bits per heavy atom. The van der Waals surface area contributed by atoms with Crippen LogP contribution in [0.25, 0.3) is 43.6 Å². The smallest absolute Gasteiger partial charge is 0.341 e. The summed E-state index contributed by atoms with van der Waals surface area (Å²) >= 11 is 0. The van der Waals surface area contributed by atoms with Crippen LogP contribution >= 0.6 is 0 Å². The highest BCUT2D eigenvalue weighted by Crippen LogP contribution is 2.50. The molecule has 1 fully saturated rings. The third-order valence-electron chi connectivity index (χ3n) is 8.07. The second-order valence-electron chi connectivity index (χ2n) is 10.2. The number of fused-ring (bicyclic) bond motifs is 10. The first-order valence-corrected chi connectivity index (χ1v) is 12.0. The number of nitrogens with one attached hydrogen (secondary N) is 2. The van der Waals surface area contributed by atoms with E-state index >= 15 is 0 Å². The molecule has 0 aliphatic carbocycles. The summed E-state index contributed by atoms with van der Waals surface area (Å²) in [5, 5.41) is 18.2. The molecule has 5 aromatic rings. The first-order chi connectivity index (χ1) is 17.3. The fourth-order valence-electron chi connectivity index (χ4n) is 6.27. The molecule has 0 unspecified atom stereocenters. The minimum Gasteiger partial charge on any atom is -0.467 e. The summed E-state index contributed by atoms with van der Waals surface area (Å²) in [6.07, 6.45) is -0.672. The van der Waals surface area contributed by atoms with E-state index < -0.39 is 23.4 Å². The van der Waals surface area contributed by atoms with Crippen LogP contribution in [-0.2, 0) is 20.8 Å². The Morgan fingerprint density at radius 3 is 2.61 bits per heavy atom. The van der Waals surface area contributed by atoms with Crippen LogP contribution in [0.5, 0.6) is 0 Å². The van der Waals surface area contributed by atoms with E-state index in [2.05, 4.69) is 16.4 Å². The van der Waals surface area contributed by atoms with Crippen LogP contribution in [0.2, 0.25) is 0 Å². The third kappa shape index (κ3) is 2.45. The van der Waals surface area contributed by atoms with Crippen molar-refractivity contribution in [2.75, 3.05) is 7.11 Å². The number of hydrogen-bond acceptors (Lipinski definition) is 5. The Labute approximate surface area is 205 Å². The van der Waals surface area contributed by atoms with Crippen molar-refractivity contribution < 1.29 is 24.2 Å². The SMILES string of the molecule is COC(=O)[C@@]1(O)C[C@H](n2c3ccccc3c3c4c(c5c6ccccc6[nH]c5c32)CNC4=O)OC1(C)C. The van der Waals surface area contributed by atoms with Crippen LogP contribution in [0, 0.1) is 0 Å². The molecule has 36 heavy (non-hydrogen) atoms. The van der Waals surface area contributed by atoms with Gasteiger partial charge in [0.1, 0.15) is 11.8 Å². The first kappa shape index (κ1) is 21.4. The van der Waals surface area contributed by atoms with Gasteiger partial charge in [-0.1, -0.05) is 36.4 Å². The zero-order valence-electron chi connectivity index (χ0n) is 20.1. The standard InChI is InChI=1S/C28H25N3O5/c1-27(2)28(34,26(33)35-3)12-19(36-27)31-18-11-7-5-9-15(18)21-22-16(13-29-25(22)32)20-14-8-4-6-10-17(14)30-23(20)24(21)31/h4-11,19,30,34H,12-13H2,1-3H3,(H,29,32)/t19-,28+/m1/s1. The Hall–Kier alpha value is -3.88. The number of aliphatic hydroxyl groups is 1. The molecule has 0 spiro atoms. The van der Waals surface area contributed by atoms with Crippen molar-refractivity contribution in [1.29, 1.82) is 0 Å². The number of aromatic amines is 1. The average molecular weight is 484 g/mol. The summed E-state index contributed by atoms with van der Waals surface area (Å²) in [6.45, 7) is 3.85. The van der Waals surface area contributed by atoms with Gasteiger partial charge in [-0.3, -0.25) is 4.79 Å². The number of benzene rings is 3. The number of methoxy groups -OCH3 is 1. The van der Waals surface area contributed by atoms with E-state index in [9.17, 15) is 14.7 Å². The quantitative estimate of drug-likeness (QED) is 0.325. The predicted molar refractivity (Wildman–Crippen MR) is 136 cm³/mol. The molecule has 2 atom stereocenters. The lowest BCUT2D eigenvalue weighted by atomic mass is 9.85. The van der Waals surface area contributed by atoms with Crippen molar-refractivity contribution in [3.63, 3.8) is 0 Å². The van der Waals surface area contributed by atoms with Gasteiger partial charge in [-0.25, -0.2) is 4.79 Å². The Kier molecular flexibility index (Phi) is 4.08. The van der Waals surface area contributed by atoms with Gasteiger partial charge >= 0.3 is 5.97 Å². The van der Waals surface area contributed by atoms with Gasteiger partial charge in [0.2, 0.25) is 0 Å². The molecule has 8 heteroatoms. The molecule has 4 heterocycles. The van der Waals surface area contributed by atoms with E-state index in [0.29, 0.717) is 12.1 Å². The van der Waals surface area contributed by atoms with E-state index in [-0.39, 0.29) is 12.3 Å². The molecule has 2 aromatic heterocycles. The predicted octanol–water partition coefficient (Wildman–Crippen LogP) is 4.27. The van der Waals surface area contributed by atoms with Crippen molar-refractivity contribution >= 4 is 55.5 Å². The highest BCUT2D eigenvalue weighted by atomic mass is 16.6. The summed E-state index contributed by atoms with van der Waals surface area (Å²) in [7, 11) is 1.26. The molecule has 8 nitrogen and oxygen atoms in total. The van der Waals surface area contributed by atoms with Gasteiger partial charge in [0.05, 0.1) is 29.2 Å². The minimum absolute atomic E-state index is 0.00541. The largest absolute Gasteiger partial charge is 0.467 e. The molecule has 2 aliphatic rings.